The van der Waals surface area contributed by atoms with Crippen molar-refractivity contribution < 1.29 is 23.7 Å². The Morgan fingerprint density at radius 2 is 2.00 bits per heavy atom. The zero-order valence-electron chi connectivity index (χ0n) is 17.8. The van der Waals surface area contributed by atoms with Crippen molar-refractivity contribution in [1.29, 1.82) is 0 Å². The Bertz CT molecular complexity index is 1210. The van der Waals surface area contributed by atoms with Gasteiger partial charge in [-0.2, -0.15) is 0 Å². The van der Waals surface area contributed by atoms with Gasteiger partial charge < -0.3 is 18.9 Å². The average molecular weight is 430 g/mol. The number of ether oxygens (including phenoxy) is 4. The first-order chi connectivity index (χ1) is 15.7. The summed E-state index contributed by atoms with van der Waals surface area (Å²) in [6.07, 6.45) is 5.31. The van der Waals surface area contributed by atoms with Crippen LogP contribution in [0.5, 0.6) is 23.0 Å². The molecule has 3 aromatic rings. The number of Topliss-reactive ketones (excluding diaryl/α,β-unsaturated/α-hetero) is 1. The highest BCUT2D eigenvalue weighted by molar-refractivity contribution is 6.15. The molecule has 2 aliphatic heterocycles. The van der Waals surface area contributed by atoms with Gasteiger partial charge >= 0.3 is 0 Å². The van der Waals surface area contributed by atoms with E-state index in [0.29, 0.717) is 42.6 Å². The van der Waals surface area contributed by atoms with Crippen molar-refractivity contribution in [2.75, 3.05) is 21.0 Å². The van der Waals surface area contributed by atoms with Crippen LogP contribution in [0.4, 0.5) is 0 Å². The van der Waals surface area contributed by atoms with Crippen molar-refractivity contribution in [2.24, 2.45) is 0 Å². The van der Waals surface area contributed by atoms with Crippen LogP contribution in [-0.2, 0) is 13.1 Å². The van der Waals surface area contributed by atoms with Crippen LogP contribution in [-0.4, -0.2) is 36.6 Å². The number of pyridine rings is 1. The lowest BCUT2D eigenvalue weighted by molar-refractivity contribution is 0.0872. The van der Waals surface area contributed by atoms with Gasteiger partial charge in [-0.1, -0.05) is 12.1 Å². The first-order valence-corrected chi connectivity index (χ1v) is 10.2. The summed E-state index contributed by atoms with van der Waals surface area (Å²) in [4.78, 5) is 19.3. The fourth-order valence-corrected chi connectivity index (χ4v) is 3.95. The molecule has 0 fully saturated rings. The first-order valence-electron chi connectivity index (χ1n) is 10.2. The van der Waals surface area contributed by atoms with Crippen molar-refractivity contribution in [3.05, 3.63) is 82.9 Å². The molecule has 162 valence electrons. The molecule has 2 aliphatic rings. The molecule has 32 heavy (non-hydrogen) atoms. The van der Waals surface area contributed by atoms with Crippen LogP contribution in [0.15, 0.2) is 60.6 Å². The molecule has 0 saturated carbocycles. The standard InChI is InChI=1S/C25H22N2O5/c1-29-21-7-5-16(10-22(21)30-2)11-23-24(28)18-6-8-20-19(25(18)32-23)14-27(15-31-20)13-17-4-3-9-26-12-17/h3-12H,13-15H2,1-2H3. The molecule has 5 rings (SSSR count). The van der Waals surface area contributed by atoms with E-state index < -0.39 is 0 Å². The summed E-state index contributed by atoms with van der Waals surface area (Å²) in [6.45, 7) is 1.77. The smallest absolute Gasteiger partial charge is 0.231 e. The molecule has 2 aromatic carbocycles. The number of rotatable bonds is 5. The maximum absolute atomic E-state index is 13.0. The van der Waals surface area contributed by atoms with Crippen molar-refractivity contribution in [1.82, 2.24) is 9.88 Å². The minimum absolute atomic E-state index is 0.151. The van der Waals surface area contributed by atoms with Crippen molar-refractivity contribution in [3.63, 3.8) is 0 Å². The molecule has 7 heteroatoms. The normalized spacial score (nSPS) is 16.2. The topological polar surface area (TPSA) is 70.1 Å². The lowest BCUT2D eigenvalue weighted by Crippen LogP contribution is -2.31. The predicted molar refractivity (Wildman–Crippen MR) is 118 cm³/mol. The van der Waals surface area contributed by atoms with E-state index in [2.05, 4.69) is 9.88 Å². The molecule has 0 N–H and O–H groups in total. The Hall–Kier alpha value is -3.84. The van der Waals surface area contributed by atoms with E-state index >= 15 is 0 Å². The third-order valence-corrected chi connectivity index (χ3v) is 5.52. The monoisotopic (exact) mass is 430 g/mol. The quantitative estimate of drug-likeness (QED) is 0.565. The zero-order chi connectivity index (χ0) is 22.1. The number of allylic oxidation sites excluding steroid dienone is 1. The second kappa shape index (κ2) is 8.36. The predicted octanol–water partition coefficient (Wildman–Crippen LogP) is 4.07. The van der Waals surface area contributed by atoms with Gasteiger partial charge in [-0.05, 0) is 47.5 Å². The van der Waals surface area contributed by atoms with Gasteiger partial charge in [-0.15, -0.1) is 0 Å². The number of nitrogens with zero attached hydrogens (tertiary/aromatic N) is 2. The Morgan fingerprint density at radius 1 is 1.12 bits per heavy atom. The molecule has 3 heterocycles. The molecular formula is C25H22N2O5. The number of fused-ring (bicyclic) bond motifs is 3. The number of aromatic nitrogens is 1. The summed E-state index contributed by atoms with van der Waals surface area (Å²) in [5.74, 6) is 2.63. The second-order valence-electron chi connectivity index (χ2n) is 7.59. The summed E-state index contributed by atoms with van der Waals surface area (Å²) in [7, 11) is 3.16. The van der Waals surface area contributed by atoms with Crippen LogP contribution < -0.4 is 18.9 Å². The van der Waals surface area contributed by atoms with E-state index in [1.54, 1.807) is 44.7 Å². The third kappa shape index (κ3) is 3.67. The molecule has 0 unspecified atom stereocenters. The highest BCUT2D eigenvalue weighted by Gasteiger charge is 2.33. The summed E-state index contributed by atoms with van der Waals surface area (Å²) < 4.78 is 22.7. The van der Waals surface area contributed by atoms with Gasteiger partial charge in [-0.3, -0.25) is 14.7 Å². The number of carbonyl (C=O) groups is 1. The van der Waals surface area contributed by atoms with Crippen LogP contribution in [0.1, 0.15) is 27.0 Å². The van der Waals surface area contributed by atoms with Crippen molar-refractivity contribution >= 4 is 11.9 Å². The van der Waals surface area contributed by atoms with Crippen LogP contribution in [0, 0.1) is 0 Å². The van der Waals surface area contributed by atoms with Gasteiger partial charge in [0.1, 0.15) is 18.2 Å². The molecule has 0 bridgehead atoms. The van der Waals surface area contributed by atoms with Crippen molar-refractivity contribution in [2.45, 2.75) is 13.1 Å². The number of methoxy groups -OCH3 is 2. The fourth-order valence-electron chi connectivity index (χ4n) is 3.95. The zero-order valence-corrected chi connectivity index (χ0v) is 17.8. The molecule has 1 aromatic heterocycles. The van der Waals surface area contributed by atoms with Gasteiger partial charge in [0.15, 0.2) is 17.3 Å². The minimum atomic E-state index is -0.151. The first kappa shape index (κ1) is 20.1. The van der Waals surface area contributed by atoms with E-state index in [4.69, 9.17) is 18.9 Å². The van der Waals surface area contributed by atoms with Crippen LogP contribution >= 0.6 is 0 Å². The molecular weight excluding hydrogens is 408 g/mol. The summed E-state index contributed by atoms with van der Waals surface area (Å²) in [5, 5.41) is 0. The molecule has 7 nitrogen and oxygen atoms in total. The van der Waals surface area contributed by atoms with Crippen molar-refractivity contribution in [3.8, 4) is 23.0 Å². The Labute approximate surface area is 185 Å². The van der Waals surface area contributed by atoms with E-state index in [0.717, 1.165) is 22.4 Å². The van der Waals surface area contributed by atoms with Gasteiger partial charge in [0.25, 0.3) is 0 Å². The maximum Gasteiger partial charge on any atom is 0.231 e. The van der Waals surface area contributed by atoms with Gasteiger partial charge in [0.05, 0.1) is 25.3 Å². The Kier molecular flexibility index (Phi) is 5.25. The average Bonchev–Trinajstić information content (AvgIpc) is 3.15. The number of carbonyl (C=O) groups excluding carboxylic acids is 1. The van der Waals surface area contributed by atoms with E-state index in [1.165, 1.54) is 0 Å². The molecule has 0 saturated heterocycles. The lowest BCUT2D eigenvalue weighted by Gasteiger charge is -2.29. The molecule has 0 amide bonds. The molecule has 0 radical (unpaired) electrons. The van der Waals surface area contributed by atoms with Gasteiger partial charge in [0.2, 0.25) is 5.78 Å². The highest BCUT2D eigenvalue weighted by atomic mass is 16.5. The van der Waals surface area contributed by atoms with Gasteiger partial charge in [0, 0.05) is 25.5 Å². The Morgan fingerprint density at radius 3 is 2.78 bits per heavy atom. The van der Waals surface area contributed by atoms with E-state index in [9.17, 15) is 4.79 Å². The second-order valence-corrected chi connectivity index (χ2v) is 7.59. The minimum Gasteiger partial charge on any atom is -0.493 e. The van der Waals surface area contributed by atoms with E-state index in [-0.39, 0.29) is 11.5 Å². The fraction of sp³-hybridized carbons (Fsp3) is 0.200. The Balaban J connectivity index is 1.42. The maximum atomic E-state index is 13.0. The summed E-state index contributed by atoms with van der Waals surface area (Å²) in [6, 6.07) is 13.0. The molecule has 0 spiro atoms. The number of hydrogen-bond acceptors (Lipinski definition) is 7. The lowest BCUT2D eigenvalue weighted by atomic mass is 10.0. The third-order valence-electron chi connectivity index (χ3n) is 5.52. The molecule has 0 aliphatic carbocycles. The molecule has 0 atom stereocenters. The number of benzene rings is 2. The van der Waals surface area contributed by atoms with Gasteiger partial charge in [-0.25, -0.2) is 0 Å². The summed E-state index contributed by atoms with van der Waals surface area (Å²) >= 11 is 0. The number of hydrogen-bond donors (Lipinski definition) is 0. The van der Waals surface area contributed by atoms with E-state index in [1.807, 2.05) is 30.5 Å². The largest absolute Gasteiger partial charge is 0.493 e. The highest BCUT2D eigenvalue weighted by Crippen LogP contribution is 2.42. The van der Waals surface area contributed by atoms with Crippen LogP contribution in [0.3, 0.4) is 0 Å². The number of ketones is 1. The van der Waals surface area contributed by atoms with Crippen LogP contribution in [0.25, 0.3) is 6.08 Å². The summed E-state index contributed by atoms with van der Waals surface area (Å²) in [5.41, 5.74) is 3.30. The van der Waals surface area contributed by atoms with Crippen LogP contribution in [0.2, 0.25) is 0 Å². The SMILES string of the molecule is COc1ccc(C=C2Oc3c(ccc4c3CN(Cc3cccnc3)CO4)C2=O)cc1OC.